The fourth-order valence-corrected chi connectivity index (χ4v) is 2.06. The number of fused-ring (bicyclic) bond motifs is 1. The Labute approximate surface area is 88.6 Å². The number of carbonyl (C=O) groups is 1. The smallest absolute Gasteiger partial charge is 0.407 e. The molecule has 1 aromatic heterocycles. The maximum absolute atomic E-state index is 10.9. The van der Waals surface area contributed by atoms with Crippen LogP contribution in [-0.2, 0) is 13.1 Å². The third-order valence-electron chi connectivity index (χ3n) is 3.10. The SMILES string of the molecule is Cc1nc(C)c2c(c1C)CN(C(=O)O)C2. The van der Waals surface area contributed by atoms with Gasteiger partial charge in [-0.3, -0.25) is 9.88 Å². The summed E-state index contributed by atoms with van der Waals surface area (Å²) in [6, 6.07) is 0. The average molecular weight is 206 g/mol. The topological polar surface area (TPSA) is 53.4 Å². The summed E-state index contributed by atoms with van der Waals surface area (Å²) in [7, 11) is 0. The number of aryl methyl sites for hydroxylation is 2. The Hall–Kier alpha value is -1.58. The van der Waals surface area contributed by atoms with Gasteiger partial charge in [0.25, 0.3) is 0 Å². The maximum atomic E-state index is 10.9. The van der Waals surface area contributed by atoms with Gasteiger partial charge in [-0.2, -0.15) is 0 Å². The van der Waals surface area contributed by atoms with Crippen LogP contribution in [0.4, 0.5) is 4.79 Å². The first kappa shape index (κ1) is 9.96. The van der Waals surface area contributed by atoms with Crippen molar-refractivity contribution in [3.8, 4) is 0 Å². The van der Waals surface area contributed by atoms with Gasteiger partial charge < -0.3 is 5.11 Å². The van der Waals surface area contributed by atoms with Crippen LogP contribution in [0, 0.1) is 20.8 Å². The highest BCUT2D eigenvalue weighted by Crippen LogP contribution is 2.28. The van der Waals surface area contributed by atoms with Crippen LogP contribution in [0.3, 0.4) is 0 Å². The molecule has 0 bridgehead atoms. The molecule has 0 saturated heterocycles. The molecule has 80 valence electrons. The third kappa shape index (κ3) is 1.46. The lowest BCUT2D eigenvalue weighted by Gasteiger charge is -2.09. The minimum absolute atomic E-state index is 0.477. The van der Waals surface area contributed by atoms with E-state index in [9.17, 15) is 4.79 Å². The lowest BCUT2D eigenvalue weighted by Crippen LogP contribution is -2.22. The van der Waals surface area contributed by atoms with Gasteiger partial charge in [0, 0.05) is 11.4 Å². The van der Waals surface area contributed by atoms with E-state index in [2.05, 4.69) is 4.98 Å². The molecule has 0 radical (unpaired) electrons. The van der Waals surface area contributed by atoms with Gasteiger partial charge in [0.2, 0.25) is 0 Å². The minimum Gasteiger partial charge on any atom is -0.465 e. The van der Waals surface area contributed by atoms with Crippen molar-refractivity contribution < 1.29 is 9.90 Å². The second kappa shape index (κ2) is 3.22. The van der Waals surface area contributed by atoms with Crippen molar-refractivity contribution in [1.82, 2.24) is 9.88 Å². The van der Waals surface area contributed by atoms with E-state index >= 15 is 0 Å². The zero-order chi connectivity index (χ0) is 11.2. The van der Waals surface area contributed by atoms with Crippen molar-refractivity contribution in [3.05, 3.63) is 28.1 Å². The molecule has 2 heterocycles. The summed E-state index contributed by atoms with van der Waals surface area (Å²) >= 11 is 0. The van der Waals surface area contributed by atoms with Gasteiger partial charge in [0.15, 0.2) is 0 Å². The van der Waals surface area contributed by atoms with Gasteiger partial charge in [0.1, 0.15) is 0 Å². The van der Waals surface area contributed by atoms with Crippen molar-refractivity contribution in [2.24, 2.45) is 0 Å². The number of rotatable bonds is 0. The minimum atomic E-state index is -0.859. The number of carboxylic acid groups (broad SMARTS) is 1. The summed E-state index contributed by atoms with van der Waals surface area (Å²) in [5, 5.41) is 8.94. The fourth-order valence-electron chi connectivity index (χ4n) is 2.06. The molecule has 1 amide bonds. The Bertz CT molecular complexity index is 441. The summed E-state index contributed by atoms with van der Waals surface area (Å²) in [5.74, 6) is 0. The Morgan fingerprint density at radius 3 is 2.40 bits per heavy atom. The number of amides is 1. The highest BCUT2D eigenvalue weighted by atomic mass is 16.4. The fraction of sp³-hybridized carbons (Fsp3) is 0.455. The number of pyridine rings is 1. The van der Waals surface area contributed by atoms with Gasteiger partial charge in [-0.15, -0.1) is 0 Å². The van der Waals surface area contributed by atoms with Crippen molar-refractivity contribution in [2.75, 3.05) is 0 Å². The monoisotopic (exact) mass is 206 g/mol. The molecule has 0 unspecified atom stereocenters. The summed E-state index contributed by atoms with van der Waals surface area (Å²) in [4.78, 5) is 16.7. The van der Waals surface area contributed by atoms with Crippen LogP contribution in [0.2, 0.25) is 0 Å². The number of hydrogen-bond acceptors (Lipinski definition) is 2. The third-order valence-corrected chi connectivity index (χ3v) is 3.10. The Morgan fingerprint density at radius 1 is 1.20 bits per heavy atom. The quantitative estimate of drug-likeness (QED) is 0.706. The largest absolute Gasteiger partial charge is 0.465 e. The van der Waals surface area contributed by atoms with Gasteiger partial charge >= 0.3 is 6.09 Å². The Balaban J connectivity index is 2.49. The standard InChI is InChI=1S/C11H14N2O2/c1-6-7(2)12-8(3)10-5-13(11(14)15)4-9(6)10/h4-5H2,1-3H3,(H,14,15). The van der Waals surface area contributed by atoms with E-state index in [1.165, 1.54) is 4.90 Å². The van der Waals surface area contributed by atoms with E-state index in [1.54, 1.807) is 0 Å². The first-order valence-corrected chi connectivity index (χ1v) is 4.94. The molecule has 0 spiro atoms. The van der Waals surface area contributed by atoms with E-state index in [0.717, 1.165) is 28.1 Å². The van der Waals surface area contributed by atoms with Crippen LogP contribution in [0.5, 0.6) is 0 Å². The average Bonchev–Trinajstić information content (AvgIpc) is 2.59. The van der Waals surface area contributed by atoms with E-state index in [1.807, 2.05) is 20.8 Å². The van der Waals surface area contributed by atoms with Crippen molar-refractivity contribution in [1.29, 1.82) is 0 Å². The number of aromatic nitrogens is 1. The number of nitrogens with zero attached hydrogens (tertiary/aromatic N) is 2. The van der Waals surface area contributed by atoms with Crippen molar-refractivity contribution >= 4 is 6.09 Å². The molecule has 4 nitrogen and oxygen atoms in total. The van der Waals surface area contributed by atoms with Crippen molar-refractivity contribution in [2.45, 2.75) is 33.9 Å². The molecule has 0 fully saturated rings. The molecule has 0 aromatic carbocycles. The summed E-state index contributed by atoms with van der Waals surface area (Å²) in [5.41, 5.74) is 5.30. The Morgan fingerprint density at radius 2 is 1.80 bits per heavy atom. The van der Waals surface area contributed by atoms with Gasteiger partial charge in [-0.05, 0) is 37.5 Å². The van der Waals surface area contributed by atoms with E-state index in [-0.39, 0.29) is 0 Å². The maximum Gasteiger partial charge on any atom is 0.407 e. The number of hydrogen-bond donors (Lipinski definition) is 1. The van der Waals surface area contributed by atoms with Crippen LogP contribution < -0.4 is 0 Å². The van der Waals surface area contributed by atoms with Gasteiger partial charge in [0.05, 0.1) is 13.1 Å². The molecule has 0 aliphatic carbocycles. The molecule has 2 rings (SSSR count). The normalized spacial score (nSPS) is 14.2. The highest BCUT2D eigenvalue weighted by Gasteiger charge is 2.26. The molecule has 0 atom stereocenters. The lowest BCUT2D eigenvalue weighted by atomic mass is 10.0. The molecule has 1 N–H and O–H groups in total. The molecule has 1 aliphatic heterocycles. The van der Waals surface area contributed by atoms with Crippen molar-refractivity contribution in [3.63, 3.8) is 0 Å². The predicted molar refractivity (Wildman–Crippen MR) is 55.7 cm³/mol. The van der Waals surface area contributed by atoms with Crippen LogP contribution >= 0.6 is 0 Å². The molecule has 1 aromatic rings. The van der Waals surface area contributed by atoms with Crippen LogP contribution in [0.1, 0.15) is 28.1 Å². The van der Waals surface area contributed by atoms with Crippen LogP contribution in [0.15, 0.2) is 0 Å². The summed E-state index contributed by atoms with van der Waals surface area (Å²) in [6.07, 6.45) is -0.859. The van der Waals surface area contributed by atoms with Crippen LogP contribution in [-0.4, -0.2) is 21.1 Å². The van der Waals surface area contributed by atoms with Gasteiger partial charge in [-0.25, -0.2) is 4.79 Å². The molecule has 1 aliphatic rings. The molecule has 0 saturated carbocycles. The first-order valence-electron chi connectivity index (χ1n) is 4.94. The first-order chi connectivity index (χ1) is 7.00. The second-order valence-electron chi connectivity index (χ2n) is 4.00. The molecular formula is C11H14N2O2. The zero-order valence-corrected chi connectivity index (χ0v) is 9.16. The molecule has 4 heteroatoms. The Kier molecular flexibility index (Phi) is 2.14. The summed E-state index contributed by atoms with van der Waals surface area (Å²) < 4.78 is 0. The van der Waals surface area contributed by atoms with Crippen LogP contribution in [0.25, 0.3) is 0 Å². The van der Waals surface area contributed by atoms with E-state index < -0.39 is 6.09 Å². The second-order valence-corrected chi connectivity index (χ2v) is 4.00. The zero-order valence-electron chi connectivity index (χ0n) is 9.16. The summed E-state index contributed by atoms with van der Waals surface area (Å²) in [6.45, 7) is 6.89. The van der Waals surface area contributed by atoms with E-state index in [4.69, 9.17) is 5.11 Å². The highest BCUT2D eigenvalue weighted by molar-refractivity contribution is 5.67. The molecular weight excluding hydrogens is 192 g/mol. The molecule has 15 heavy (non-hydrogen) atoms. The predicted octanol–water partition coefficient (Wildman–Crippen LogP) is 2.00. The van der Waals surface area contributed by atoms with Gasteiger partial charge in [-0.1, -0.05) is 0 Å². The van der Waals surface area contributed by atoms with E-state index in [0.29, 0.717) is 13.1 Å². The lowest BCUT2D eigenvalue weighted by molar-refractivity contribution is 0.145.